The Balaban J connectivity index is 2.56. The predicted octanol–water partition coefficient (Wildman–Crippen LogP) is 6.68. The number of allylic oxidation sites excluding steroid dienone is 4. The Morgan fingerprint density at radius 3 is 2.41 bits per heavy atom. The molecule has 5 nitrogen and oxygen atoms in total. The summed E-state index contributed by atoms with van der Waals surface area (Å²) in [6.07, 6.45) is 11.1. The number of hydrogen-bond acceptors (Lipinski definition) is 2. The molecule has 0 saturated carbocycles. The zero-order chi connectivity index (χ0) is 24.9. The Morgan fingerprint density at radius 1 is 1.03 bits per heavy atom. The number of aryl methyl sites for hydroxylation is 1. The minimum absolute atomic E-state index is 0.0623. The zero-order valence-corrected chi connectivity index (χ0v) is 20.4. The van der Waals surface area contributed by atoms with Crippen LogP contribution < -0.4 is 5.32 Å². The van der Waals surface area contributed by atoms with Crippen LogP contribution in [0.2, 0.25) is 0 Å². The minimum atomic E-state index is 0.0623. The van der Waals surface area contributed by atoms with Crippen LogP contribution in [0.25, 0.3) is 11.1 Å². The molecule has 0 spiro atoms. The molecule has 0 amide bonds. The standard InChI is InChI=1S/C29H33N5/c1-6-8-10-14-21(3)19-33-29(34-28(31)24(7-2)20-32-23(5)30)27-22(4)15-13-18-26(27)25-16-11-9-12-17-25/h6-18,20,30H,3,19H2,1-2,4-5H3,(H2,31,33,34)/b8-6-,14-10-,24-7+,30-23?,32-20-. The first-order chi connectivity index (χ1) is 16.4. The number of amidine groups is 3. The van der Waals surface area contributed by atoms with E-state index in [2.05, 4.69) is 35.1 Å². The van der Waals surface area contributed by atoms with Crippen LogP contribution in [0.5, 0.6) is 0 Å². The SMILES string of the molecule is C=C(/C=C\C=C/C)CN/C(=N/C(=N)C(/C=N\C(C)=N)=C/C)c1c(C)cccc1-c1ccccc1. The second-order valence-electron chi connectivity index (χ2n) is 7.66. The zero-order valence-electron chi connectivity index (χ0n) is 20.4. The van der Waals surface area contributed by atoms with Crippen molar-refractivity contribution in [3.63, 3.8) is 0 Å². The van der Waals surface area contributed by atoms with Gasteiger partial charge in [0.25, 0.3) is 0 Å². The fraction of sp³-hybridized carbons (Fsp3) is 0.172. The molecule has 0 unspecified atom stereocenters. The van der Waals surface area contributed by atoms with E-state index >= 15 is 0 Å². The van der Waals surface area contributed by atoms with Gasteiger partial charge < -0.3 is 5.32 Å². The van der Waals surface area contributed by atoms with Gasteiger partial charge in [-0.1, -0.05) is 85.5 Å². The fourth-order valence-corrected chi connectivity index (χ4v) is 3.20. The quantitative estimate of drug-likeness (QED) is 0.233. The second kappa shape index (κ2) is 13.4. The van der Waals surface area contributed by atoms with Crippen molar-refractivity contribution in [2.24, 2.45) is 9.98 Å². The van der Waals surface area contributed by atoms with Gasteiger partial charge in [-0.05, 0) is 50.0 Å². The van der Waals surface area contributed by atoms with Gasteiger partial charge in [-0.2, -0.15) is 0 Å². The van der Waals surface area contributed by atoms with Crippen molar-refractivity contribution < 1.29 is 0 Å². The number of rotatable bonds is 8. The van der Waals surface area contributed by atoms with Crippen LogP contribution >= 0.6 is 0 Å². The van der Waals surface area contributed by atoms with Crippen LogP contribution in [0, 0.1) is 17.7 Å². The van der Waals surface area contributed by atoms with Crippen molar-refractivity contribution in [3.05, 3.63) is 108 Å². The normalized spacial score (nSPS) is 12.6. The number of nitrogens with one attached hydrogen (secondary N) is 3. The van der Waals surface area contributed by atoms with Gasteiger partial charge in [0.1, 0.15) is 11.7 Å². The highest BCUT2D eigenvalue weighted by Crippen LogP contribution is 2.26. The molecule has 0 bridgehead atoms. The van der Waals surface area contributed by atoms with Crippen molar-refractivity contribution >= 4 is 23.7 Å². The predicted molar refractivity (Wildman–Crippen MR) is 148 cm³/mol. The first-order valence-electron chi connectivity index (χ1n) is 11.2. The third-order valence-electron chi connectivity index (χ3n) is 4.92. The highest BCUT2D eigenvalue weighted by atomic mass is 15.0. The van der Waals surface area contributed by atoms with Gasteiger partial charge in [0.05, 0.1) is 0 Å². The van der Waals surface area contributed by atoms with Gasteiger partial charge >= 0.3 is 0 Å². The maximum atomic E-state index is 8.63. The van der Waals surface area contributed by atoms with Crippen molar-refractivity contribution in [3.8, 4) is 11.1 Å². The number of nitrogens with zero attached hydrogens (tertiary/aromatic N) is 2. The smallest absolute Gasteiger partial charge is 0.155 e. The maximum Gasteiger partial charge on any atom is 0.155 e. The van der Waals surface area contributed by atoms with E-state index in [1.54, 1.807) is 13.0 Å². The summed E-state index contributed by atoms with van der Waals surface area (Å²) in [5, 5.41) is 19.6. The summed E-state index contributed by atoms with van der Waals surface area (Å²) < 4.78 is 0. The average molecular weight is 452 g/mol. The fourth-order valence-electron chi connectivity index (χ4n) is 3.20. The van der Waals surface area contributed by atoms with E-state index in [9.17, 15) is 0 Å². The molecule has 0 aromatic heterocycles. The third kappa shape index (κ3) is 7.78. The van der Waals surface area contributed by atoms with Crippen LogP contribution in [0.15, 0.2) is 107 Å². The van der Waals surface area contributed by atoms with Crippen LogP contribution in [-0.2, 0) is 0 Å². The molecule has 5 heteroatoms. The average Bonchev–Trinajstić information content (AvgIpc) is 2.82. The summed E-state index contributed by atoms with van der Waals surface area (Å²) in [7, 11) is 0. The summed E-state index contributed by atoms with van der Waals surface area (Å²) in [5.74, 6) is 0.818. The van der Waals surface area contributed by atoms with E-state index in [1.807, 2.05) is 75.4 Å². The molecule has 0 atom stereocenters. The monoisotopic (exact) mass is 451 g/mol. The highest BCUT2D eigenvalue weighted by Gasteiger charge is 2.15. The molecule has 2 aromatic carbocycles. The summed E-state index contributed by atoms with van der Waals surface area (Å²) in [6.45, 7) is 12.0. The largest absolute Gasteiger partial charge is 0.365 e. The van der Waals surface area contributed by atoms with E-state index in [4.69, 9.17) is 15.8 Å². The Labute approximate surface area is 203 Å². The van der Waals surface area contributed by atoms with Gasteiger partial charge in [0.15, 0.2) is 5.84 Å². The molecule has 0 aliphatic rings. The minimum Gasteiger partial charge on any atom is -0.365 e. The Hall–Kier alpha value is -4.12. The molecule has 0 aliphatic carbocycles. The van der Waals surface area contributed by atoms with Gasteiger partial charge in [-0.15, -0.1) is 0 Å². The summed E-state index contributed by atoms with van der Waals surface area (Å²) in [6, 6.07) is 16.3. The number of aliphatic imine (C=N–C) groups is 2. The molecule has 2 rings (SSSR count). The molecular weight excluding hydrogens is 418 g/mol. The molecule has 0 saturated heterocycles. The van der Waals surface area contributed by atoms with E-state index in [0.29, 0.717) is 18.0 Å². The first-order valence-corrected chi connectivity index (χ1v) is 11.2. The van der Waals surface area contributed by atoms with Gasteiger partial charge in [-0.3, -0.25) is 10.8 Å². The van der Waals surface area contributed by atoms with Gasteiger partial charge in [-0.25, -0.2) is 9.98 Å². The lowest BCUT2D eigenvalue weighted by molar-refractivity contribution is 1.01. The lowest BCUT2D eigenvalue weighted by atomic mass is 9.95. The van der Waals surface area contributed by atoms with E-state index < -0.39 is 0 Å². The van der Waals surface area contributed by atoms with E-state index in [0.717, 1.165) is 27.8 Å². The van der Waals surface area contributed by atoms with Gasteiger partial charge in [0.2, 0.25) is 0 Å². The lowest BCUT2D eigenvalue weighted by Gasteiger charge is -2.17. The lowest BCUT2D eigenvalue weighted by Crippen LogP contribution is -2.29. The van der Waals surface area contributed by atoms with Gasteiger partial charge in [0, 0.05) is 23.9 Å². The Morgan fingerprint density at radius 2 is 1.76 bits per heavy atom. The molecule has 0 fully saturated rings. The van der Waals surface area contributed by atoms with Crippen molar-refractivity contribution in [2.75, 3.05) is 6.54 Å². The summed E-state index contributed by atoms with van der Waals surface area (Å²) >= 11 is 0. The summed E-state index contributed by atoms with van der Waals surface area (Å²) in [4.78, 5) is 8.72. The van der Waals surface area contributed by atoms with E-state index in [1.165, 1.54) is 6.21 Å². The molecule has 2 aromatic rings. The topological polar surface area (TPSA) is 84.5 Å². The first kappa shape index (κ1) is 26.1. The van der Waals surface area contributed by atoms with Crippen LogP contribution in [0.1, 0.15) is 31.9 Å². The van der Waals surface area contributed by atoms with Crippen molar-refractivity contribution in [2.45, 2.75) is 27.7 Å². The van der Waals surface area contributed by atoms with Crippen LogP contribution in [-0.4, -0.2) is 30.3 Å². The molecule has 3 N–H and O–H groups in total. The van der Waals surface area contributed by atoms with Crippen molar-refractivity contribution in [1.29, 1.82) is 10.8 Å². The highest BCUT2D eigenvalue weighted by molar-refractivity contribution is 6.21. The van der Waals surface area contributed by atoms with E-state index in [-0.39, 0.29) is 11.7 Å². The third-order valence-corrected chi connectivity index (χ3v) is 4.92. The molecule has 34 heavy (non-hydrogen) atoms. The van der Waals surface area contributed by atoms with Crippen molar-refractivity contribution in [1.82, 2.24) is 5.32 Å². The molecule has 174 valence electrons. The number of hydrogen-bond donors (Lipinski definition) is 3. The Kier molecular flexibility index (Phi) is 10.3. The molecule has 0 radical (unpaired) electrons. The number of benzene rings is 2. The molecule has 0 aliphatic heterocycles. The molecular formula is C29H33N5. The second-order valence-corrected chi connectivity index (χ2v) is 7.66. The van der Waals surface area contributed by atoms with Crippen LogP contribution in [0.3, 0.4) is 0 Å². The maximum absolute atomic E-state index is 8.63. The van der Waals surface area contributed by atoms with Crippen LogP contribution in [0.4, 0.5) is 0 Å². The Bertz CT molecular complexity index is 1180. The molecule has 0 heterocycles. The summed E-state index contributed by atoms with van der Waals surface area (Å²) in [5.41, 5.74) is 5.50.